The third-order valence-corrected chi connectivity index (χ3v) is 7.48. The molecular weight excluding hydrogens is 747 g/mol. The second kappa shape index (κ2) is 19.6. The molecule has 22 heteroatoms. The number of carboxylic acids is 1. The van der Waals surface area contributed by atoms with E-state index in [4.69, 9.17) is 60.2 Å². The molecule has 3 rings (SSSR count). The molecule has 0 aliphatic carbocycles. The highest BCUT2D eigenvalue weighted by Gasteiger charge is 2.33. The lowest BCUT2D eigenvalue weighted by atomic mass is 10.0. The molecule has 0 saturated carbocycles. The van der Waals surface area contributed by atoms with Crippen LogP contribution in [0.15, 0.2) is 36.5 Å². The van der Waals surface area contributed by atoms with Gasteiger partial charge in [-0.3, -0.25) is 34.5 Å². The maximum Gasteiger partial charge on any atom is 0.416 e. The summed E-state index contributed by atoms with van der Waals surface area (Å²) in [5.41, 5.74) is 7.02. The van der Waals surface area contributed by atoms with Gasteiger partial charge in [0.05, 0.1) is 39.1 Å². The number of hydrogen-bond donors (Lipinski definition) is 5. The number of anilines is 2. The van der Waals surface area contributed by atoms with E-state index in [9.17, 15) is 37.4 Å². The lowest BCUT2D eigenvalue weighted by molar-refractivity contribution is -0.383. The summed E-state index contributed by atoms with van der Waals surface area (Å²) in [4.78, 5) is 49.6. The van der Waals surface area contributed by atoms with Crippen LogP contribution in [0.2, 0.25) is 10.0 Å². The summed E-state index contributed by atoms with van der Waals surface area (Å²) < 4.78 is 53.8. The Bertz CT molecular complexity index is 1610. The van der Waals surface area contributed by atoms with Crippen LogP contribution in [-0.2, 0) is 37.9 Å². The zero-order chi connectivity index (χ0) is 37.7. The van der Waals surface area contributed by atoms with Crippen molar-refractivity contribution in [2.75, 3.05) is 43.2 Å². The number of nitrogens with one attached hydrogen (secondary N) is 1. The zero-order valence-corrected chi connectivity index (χ0v) is 29.2. The van der Waals surface area contributed by atoms with Crippen molar-refractivity contribution in [1.29, 1.82) is 0 Å². The fourth-order valence-electron chi connectivity index (χ4n) is 3.93. The minimum atomic E-state index is -4.63. The number of ether oxygens (including phenoxy) is 1. The van der Waals surface area contributed by atoms with E-state index in [-0.39, 0.29) is 34.3 Å². The molecule has 6 N–H and O–H groups in total. The topological polar surface area (TPSA) is 223 Å². The van der Waals surface area contributed by atoms with Crippen molar-refractivity contribution in [3.63, 3.8) is 0 Å². The number of rotatable bonds is 12. The largest absolute Gasteiger partial charge is 0.480 e. The predicted molar refractivity (Wildman–Crippen MR) is 177 cm³/mol. The number of carbonyl (C=O) groups excluding carboxylic acids is 1. The summed E-state index contributed by atoms with van der Waals surface area (Å²) in [7, 11) is -2.52. The number of aromatic nitrogens is 2. The molecule has 49 heavy (non-hydrogen) atoms. The maximum atomic E-state index is 12.6. The normalized spacial score (nSPS) is 11.2. The first-order valence-electron chi connectivity index (χ1n) is 13.7. The van der Waals surface area contributed by atoms with Crippen LogP contribution in [0.4, 0.5) is 30.4 Å². The van der Waals surface area contributed by atoms with Gasteiger partial charge in [0.2, 0.25) is 11.7 Å². The van der Waals surface area contributed by atoms with Gasteiger partial charge in [-0.05, 0) is 36.1 Å². The van der Waals surface area contributed by atoms with Crippen molar-refractivity contribution in [1.82, 2.24) is 15.1 Å². The maximum absolute atomic E-state index is 12.6. The number of aliphatic carboxylic acids is 1. The van der Waals surface area contributed by atoms with Crippen LogP contribution in [0.3, 0.4) is 0 Å². The van der Waals surface area contributed by atoms with E-state index in [2.05, 4.69) is 24.3 Å². The van der Waals surface area contributed by atoms with E-state index >= 15 is 0 Å². The summed E-state index contributed by atoms with van der Waals surface area (Å²) in [5, 5.41) is 23.6. The highest BCUT2D eigenvalue weighted by molar-refractivity contribution is 7.51. The van der Waals surface area contributed by atoms with Crippen LogP contribution >= 0.6 is 42.4 Å². The molecule has 0 fully saturated rings. The van der Waals surface area contributed by atoms with Crippen LogP contribution < -0.4 is 16.0 Å². The number of nitrogens with two attached hydrogens (primary N) is 1. The van der Waals surface area contributed by atoms with Gasteiger partial charge in [0.25, 0.3) is 0 Å². The van der Waals surface area contributed by atoms with Crippen LogP contribution in [-0.4, -0.2) is 74.0 Å². The second-order valence-electron chi connectivity index (χ2n) is 9.52. The SMILES string of the molecule is CCc1cccc(CC)c1N(COC)C(=O)CCl.Nc1c([N+](=O)[O-])cnn1-c1c(Cl)cc(C(F)(F)F)cc1Cl.O=C(O)CNCP(=O)(O)O. The Morgan fingerprint density at radius 1 is 1.16 bits per heavy atom. The Morgan fingerprint density at radius 3 is 2.06 bits per heavy atom. The number of para-hydroxylation sites is 1. The zero-order valence-electron chi connectivity index (χ0n) is 26.1. The van der Waals surface area contributed by atoms with Crippen LogP contribution in [0.25, 0.3) is 5.69 Å². The van der Waals surface area contributed by atoms with Crippen LogP contribution in [0, 0.1) is 10.1 Å². The molecule has 1 amide bonds. The average molecular weight is 780 g/mol. The summed E-state index contributed by atoms with van der Waals surface area (Å²) >= 11 is 17.2. The molecule has 3 aromatic rings. The molecular formula is C27H33Cl3F3N6O9P. The van der Waals surface area contributed by atoms with Gasteiger partial charge < -0.3 is 25.4 Å². The number of hydrogen-bond acceptors (Lipinski definition) is 9. The highest BCUT2D eigenvalue weighted by Crippen LogP contribution is 2.39. The number of alkyl halides is 4. The van der Waals surface area contributed by atoms with Gasteiger partial charge in [0.15, 0.2) is 0 Å². The molecule has 0 bridgehead atoms. The van der Waals surface area contributed by atoms with Gasteiger partial charge in [-0.1, -0.05) is 55.2 Å². The predicted octanol–water partition coefficient (Wildman–Crippen LogP) is 5.47. The van der Waals surface area contributed by atoms with E-state index < -0.39 is 54.6 Å². The van der Waals surface area contributed by atoms with Crippen LogP contribution in [0.1, 0.15) is 30.5 Å². The monoisotopic (exact) mass is 778 g/mol. The number of amides is 1. The first kappa shape index (κ1) is 43.5. The van der Waals surface area contributed by atoms with Crippen molar-refractivity contribution >= 4 is 71.5 Å². The molecule has 0 radical (unpaired) electrons. The Hall–Kier alpha value is -3.48. The number of carbonyl (C=O) groups is 2. The summed E-state index contributed by atoms with van der Waals surface area (Å²) in [6.45, 7) is 3.95. The van der Waals surface area contributed by atoms with E-state index in [0.29, 0.717) is 12.1 Å². The lowest BCUT2D eigenvalue weighted by Crippen LogP contribution is -2.35. The molecule has 2 aromatic carbocycles. The molecule has 0 saturated heterocycles. The number of methoxy groups -OCH3 is 1. The molecule has 0 atom stereocenters. The van der Waals surface area contributed by atoms with E-state index in [1.807, 2.05) is 18.2 Å². The first-order chi connectivity index (χ1) is 22.7. The summed E-state index contributed by atoms with van der Waals surface area (Å²) in [5.74, 6) is -1.71. The molecule has 15 nitrogen and oxygen atoms in total. The number of benzene rings is 2. The Labute approximate surface area is 293 Å². The van der Waals surface area contributed by atoms with E-state index in [1.165, 1.54) is 0 Å². The van der Waals surface area contributed by atoms with Crippen molar-refractivity contribution in [2.45, 2.75) is 32.9 Å². The molecule has 0 spiro atoms. The molecule has 272 valence electrons. The van der Waals surface area contributed by atoms with Crippen LogP contribution in [0.5, 0.6) is 0 Å². The molecule has 1 heterocycles. The van der Waals surface area contributed by atoms with Gasteiger partial charge in [-0.2, -0.15) is 18.3 Å². The van der Waals surface area contributed by atoms with Gasteiger partial charge in [0, 0.05) is 7.11 Å². The number of aryl methyl sites for hydroxylation is 2. The van der Waals surface area contributed by atoms with Gasteiger partial charge >= 0.3 is 25.4 Å². The molecule has 0 unspecified atom stereocenters. The first-order valence-corrected chi connectivity index (χ1v) is 16.8. The number of nitrogens with zero attached hydrogens (tertiary/aromatic N) is 4. The number of halogens is 6. The van der Waals surface area contributed by atoms with E-state index in [1.54, 1.807) is 12.0 Å². The van der Waals surface area contributed by atoms with Gasteiger partial charge in [0.1, 0.15) is 24.5 Å². The number of carboxylic acid groups (broad SMARTS) is 1. The van der Waals surface area contributed by atoms with Crippen molar-refractivity contribution < 1.29 is 51.9 Å². The number of nitrogen functional groups attached to an aromatic ring is 1. The fourth-order valence-corrected chi connectivity index (χ4v) is 5.13. The summed E-state index contributed by atoms with van der Waals surface area (Å²) in [6.07, 6.45) is -2.63. The Kier molecular flexibility index (Phi) is 17.5. The highest BCUT2D eigenvalue weighted by atomic mass is 35.5. The third-order valence-electron chi connectivity index (χ3n) is 6.04. The lowest BCUT2D eigenvalue weighted by Gasteiger charge is -2.26. The second-order valence-corrected chi connectivity index (χ2v) is 12.2. The third kappa shape index (κ3) is 13.4. The standard InChI is InChI=1S/C14H20ClNO2.C10H5Cl2F3N4O2.C3H8NO5P/c1-4-11-7-6-8-12(5-2)14(11)16(10-18-3)13(17)9-15;11-5-1-4(10(13,14)15)2-6(12)8(5)18-9(16)7(3-17-18)19(20)21;5-3(6)1-4-2-10(7,8)9/h6-8H,4-5,9-10H2,1-3H3;1-3H,16H2;4H,1-2H2,(H,5,6)(H2,7,8,9). The smallest absolute Gasteiger partial charge is 0.416 e. The fraction of sp³-hybridized carbons (Fsp3) is 0.370. The molecule has 0 aliphatic heterocycles. The summed E-state index contributed by atoms with van der Waals surface area (Å²) in [6, 6.07) is 7.38. The van der Waals surface area contributed by atoms with Gasteiger partial charge in [-0.15, -0.1) is 11.6 Å². The van der Waals surface area contributed by atoms with Crippen molar-refractivity contribution in [3.8, 4) is 5.69 Å². The number of nitro groups is 1. The van der Waals surface area contributed by atoms with Crippen molar-refractivity contribution in [3.05, 3.63) is 73.4 Å². The Morgan fingerprint density at radius 2 is 1.69 bits per heavy atom. The van der Waals surface area contributed by atoms with Gasteiger partial charge in [-0.25, -0.2) is 4.68 Å². The minimum absolute atomic E-state index is 0.0371. The Balaban J connectivity index is 0.000000391. The minimum Gasteiger partial charge on any atom is -0.480 e. The average Bonchev–Trinajstić information content (AvgIpc) is 3.39. The van der Waals surface area contributed by atoms with Crippen molar-refractivity contribution in [2.24, 2.45) is 0 Å². The van der Waals surface area contributed by atoms with E-state index in [0.717, 1.165) is 40.5 Å². The molecule has 1 aromatic heterocycles. The molecule has 0 aliphatic rings. The quantitative estimate of drug-likeness (QED) is 0.0508.